The molecule has 3 aromatic rings. The highest BCUT2D eigenvalue weighted by molar-refractivity contribution is 7.92. The molecule has 0 aliphatic rings. The number of benzene rings is 3. The quantitative estimate of drug-likeness (QED) is 0.283. The summed E-state index contributed by atoms with van der Waals surface area (Å²) in [7, 11) is 1.26. The number of nitrogens with one attached hydrogen (secondary N) is 1. The van der Waals surface area contributed by atoms with E-state index in [1.807, 2.05) is 45.0 Å². The van der Waals surface area contributed by atoms with E-state index in [1.165, 1.54) is 57.6 Å². The Morgan fingerprint density at radius 1 is 0.818 bits per heavy atom. The second-order valence-corrected chi connectivity index (χ2v) is 12.2. The predicted molar refractivity (Wildman–Crippen MR) is 168 cm³/mol. The Morgan fingerprint density at radius 3 is 2.05 bits per heavy atom. The zero-order valence-electron chi connectivity index (χ0n) is 26.4. The van der Waals surface area contributed by atoms with Crippen molar-refractivity contribution in [2.75, 3.05) is 39.3 Å². The number of sulfonamides is 1. The average molecular weight is 628 g/mol. The lowest BCUT2D eigenvalue weighted by atomic mass is 10.1. The molecule has 1 N–H and O–H groups in total. The molecule has 0 heterocycles. The minimum atomic E-state index is -4.43. The van der Waals surface area contributed by atoms with Crippen LogP contribution in [0.25, 0.3) is 0 Å². The van der Waals surface area contributed by atoms with Gasteiger partial charge in [-0.05, 0) is 63.1 Å². The van der Waals surface area contributed by atoms with Crippen molar-refractivity contribution in [2.24, 2.45) is 0 Å². The second-order valence-electron chi connectivity index (χ2n) is 10.4. The summed E-state index contributed by atoms with van der Waals surface area (Å²) in [6.45, 7) is 6.61. The summed E-state index contributed by atoms with van der Waals surface area (Å²) in [6, 6.07) is 15.2. The third kappa shape index (κ3) is 7.73. The zero-order valence-corrected chi connectivity index (χ0v) is 27.2. The van der Waals surface area contributed by atoms with E-state index in [2.05, 4.69) is 5.32 Å². The van der Waals surface area contributed by atoms with Crippen molar-refractivity contribution in [3.05, 3.63) is 71.8 Å². The first-order valence-electron chi connectivity index (χ1n) is 14.0. The smallest absolute Gasteiger partial charge is 0.265 e. The van der Waals surface area contributed by atoms with Crippen LogP contribution in [0.4, 0.5) is 5.69 Å². The van der Waals surface area contributed by atoms with Crippen LogP contribution in [-0.2, 0) is 26.2 Å². The number of methoxy groups -OCH3 is 4. The summed E-state index contributed by atoms with van der Waals surface area (Å²) >= 11 is 0. The summed E-state index contributed by atoms with van der Waals surface area (Å²) in [5.41, 5.74) is 1.81. The van der Waals surface area contributed by atoms with E-state index in [0.29, 0.717) is 11.5 Å². The third-order valence-corrected chi connectivity index (χ3v) is 8.83. The van der Waals surface area contributed by atoms with Gasteiger partial charge in [0.1, 0.15) is 24.1 Å². The fourth-order valence-electron chi connectivity index (χ4n) is 4.57. The highest BCUT2D eigenvalue weighted by Gasteiger charge is 2.35. The van der Waals surface area contributed by atoms with E-state index in [0.717, 1.165) is 15.4 Å². The van der Waals surface area contributed by atoms with Gasteiger partial charge in [-0.3, -0.25) is 13.9 Å². The Morgan fingerprint density at radius 2 is 1.45 bits per heavy atom. The maximum Gasteiger partial charge on any atom is 0.265 e. The van der Waals surface area contributed by atoms with E-state index in [-0.39, 0.29) is 40.6 Å². The van der Waals surface area contributed by atoms with Crippen molar-refractivity contribution in [2.45, 2.75) is 51.2 Å². The Bertz CT molecular complexity index is 1580. The van der Waals surface area contributed by atoms with Gasteiger partial charge in [0.2, 0.25) is 11.8 Å². The molecule has 44 heavy (non-hydrogen) atoms. The molecule has 0 aromatic heterocycles. The Kier molecular flexibility index (Phi) is 11.5. The van der Waals surface area contributed by atoms with Gasteiger partial charge >= 0.3 is 0 Å². The van der Waals surface area contributed by atoms with Crippen molar-refractivity contribution < 1.29 is 37.0 Å². The van der Waals surface area contributed by atoms with Gasteiger partial charge < -0.3 is 29.2 Å². The van der Waals surface area contributed by atoms with Gasteiger partial charge in [-0.2, -0.15) is 0 Å². The topological polar surface area (TPSA) is 124 Å². The summed E-state index contributed by atoms with van der Waals surface area (Å²) in [5.74, 6) is 0.102. The van der Waals surface area contributed by atoms with Crippen molar-refractivity contribution in [1.29, 1.82) is 0 Å². The molecule has 0 aliphatic heterocycles. The van der Waals surface area contributed by atoms with Crippen molar-refractivity contribution in [3.63, 3.8) is 0 Å². The Hall–Kier alpha value is -4.45. The molecule has 0 unspecified atom stereocenters. The number of aryl methyl sites for hydroxylation is 1. The summed E-state index contributed by atoms with van der Waals surface area (Å²) < 4.78 is 51.2. The molecule has 11 nitrogen and oxygen atoms in total. The highest BCUT2D eigenvalue weighted by Crippen LogP contribution is 2.37. The normalized spacial score (nSPS) is 11.8. The summed E-state index contributed by atoms with van der Waals surface area (Å²) in [6.07, 6.45) is 0. The fraction of sp³-hybridized carbons (Fsp3) is 0.375. The molecule has 0 spiro atoms. The van der Waals surface area contributed by atoms with Crippen LogP contribution in [0, 0.1) is 6.92 Å². The largest absolute Gasteiger partial charge is 0.497 e. The molecule has 0 fully saturated rings. The monoisotopic (exact) mass is 627 g/mol. The number of carbonyl (C=O) groups is 2. The average Bonchev–Trinajstić information content (AvgIpc) is 3.01. The van der Waals surface area contributed by atoms with Crippen LogP contribution in [0.1, 0.15) is 31.9 Å². The molecule has 3 rings (SSSR count). The number of ether oxygens (including phenoxy) is 4. The van der Waals surface area contributed by atoms with Crippen molar-refractivity contribution in [3.8, 4) is 23.0 Å². The number of amides is 2. The van der Waals surface area contributed by atoms with Crippen LogP contribution < -0.4 is 28.6 Å². The molecule has 0 bridgehead atoms. The fourth-order valence-corrected chi connectivity index (χ4v) is 6.00. The number of hydrogen-bond acceptors (Lipinski definition) is 8. The van der Waals surface area contributed by atoms with E-state index in [4.69, 9.17) is 18.9 Å². The third-order valence-electron chi connectivity index (χ3n) is 7.08. The minimum Gasteiger partial charge on any atom is -0.497 e. The zero-order chi connectivity index (χ0) is 32.6. The molecular formula is C32H41N3O8S. The number of carbonyl (C=O) groups excluding carboxylic acids is 2. The van der Waals surface area contributed by atoms with Crippen LogP contribution in [0.3, 0.4) is 0 Å². The van der Waals surface area contributed by atoms with Crippen LogP contribution in [0.15, 0.2) is 65.6 Å². The van der Waals surface area contributed by atoms with Gasteiger partial charge in [0, 0.05) is 24.7 Å². The molecule has 238 valence electrons. The van der Waals surface area contributed by atoms with Gasteiger partial charge in [-0.1, -0.05) is 24.3 Å². The lowest BCUT2D eigenvalue weighted by Gasteiger charge is -2.33. The van der Waals surface area contributed by atoms with E-state index in [1.54, 1.807) is 19.1 Å². The van der Waals surface area contributed by atoms with Gasteiger partial charge in [-0.15, -0.1) is 0 Å². The number of nitrogens with zero attached hydrogens (tertiary/aromatic N) is 2. The van der Waals surface area contributed by atoms with Crippen LogP contribution in [0.2, 0.25) is 0 Å². The predicted octanol–water partition coefficient (Wildman–Crippen LogP) is 4.17. The minimum absolute atomic E-state index is 0.0742. The molecular weight excluding hydrogens is 586 g/mol. The Balaban J connectivity index is 2.18. The van der Waals surface area contributed by atoms with E-state index < -0.39 is 28.5 Å². The molecule has 0 radical (unpaired) electrons. The highest BCUT2D eigenvalue weighted by atomic mass is 32.2. The molecule has 0 saturated carbocycles. The first kappa shape index (κ1) is 34.0. The van der Waals surface area contributed by atoms with Gasteiger partial charge in [0.15, 0.2) is 11.5 Å². The first-order chi connectivity index (χ1) is 20.9. The van der Waals surface area contributed by atoms with Crippen LogP contribution in [0.5, 0.6) is 23.0 Å². The van der Waals surface area contributed by atoms with Gasteiger partial charge in [-0.25, -0.2) is 8.42 Å². The van der Waals surface area contributed by atoms with Crippen LogP contribution in [-0.4, -0.2) is 72.2 Å². The maximum atomic E-state index is 14.4. The van der Waals surface area contributed by atoms with Gasteiger partial charge in [0.05, 0.1) is 39.0 Å². The lowest BCUT2D eigenvalue weighted by Crippen LogP contribution is -2.52. The summed E-state index contributed by atoms with van der Waals surface area (Å²) in [5, 5.41) is 2.85. The molecule has 1 atom stereocenters. The van der Waals surface area contributed by atoms with Crippen molar-refractivity contribution in [1.82, 2.24) is 10.2 Å². The molecule has 2 amide bonds. The maximum absolute atomic E-state index is 14.4. The summed E-state index contributed by atoms with van der Waals surface area (Å²) in [4.78, 5) is 28.6. The number of hydrogen-bond donors (Lipinski definition) is 1. The lowest BCUT2D eigenvalue weighted by molar-refractivity contribution is -0.139. The van der Waals surface area contributed by atoms with E-state index >= 15 is 0 Å². The molecule has 3 aromatic carbocycles. The molecule has 0 aliphatic carbocycles. The number of rotatable bonds is 14. The second kappa shape index (κ2) is 14.8. The van der Waals surface area contributed by atoms with E-state index in [9.17, 15) is 18.0 Å². The van der Waals surface area contributed by atoms with Gasteiger partial charge in [0.25, 0.3) is 10.0 Å². The SMILES string of the molecule is COc1ccc(OC)c(N(CC(=O)N(Cc2ccccc2C)[C@@H](C)C(=O)NC(C)C)S(=O)(=O)c2ccc(OC)c(OC)c2)c1. The van der Waals surface area contributed by atoms with Crippen molar-refractivity contribution >= 4 is 27.5 Å². The molecule has 0 saturated heterocycles. The van der Waals surface area contributed by atoms with Crippen LogP contribution >= 0.6 is 0 Å². The number of anilines is 1. The Labute approximate surface area is 259 Å². The standard InChI is InChI=1S/C32H41N3O8S/c1-21(2)33-32(37)23(4)34(19-24-12-10-9-11-22(24)3)31(36)20-35(27-17-25(40-5)13-15-28(27)41-6)44(38,39)26-14-16-29(42-7)30(18-26)43-8/h9-18,21,23H,19-20H2,1-8H3,(H,33,37)/t23-/m0/s1. The molecule has 12 heteroatoms. The first-order valence-corrected chi connectivity index (χ1v) is 15.4.